The summed E-state index contributed by atoms with van der Waals surface area (Å²) in [6.07, 6.45) is -5.41. The number of carbonyl (C=O) groups excluding carboxylic acids is 1. The molecule has 1 rings (SSSR count). The van der Waals surface area contributed by atoms with E-state index in [1.807, 2.05) is 0 Å². The Labute approximate surface area is 155 Å². The topological polar surface area (TPSA) is 104 Å². The van der Waals surface area contributed by atoms with Gasteiger partial charge < -0.3 is 9.47 Å². The van der Waals surface area contributed by atoms with Crippen LogP contribution in [-0.4, -0.2) is 44.7 Å². The predicted octanol–water partition coefficient (Wildman–Crippen LogP) is 3.18. The van der Waals surface area contributed by atoms with Crippen LogP contribution in [0.2, 0.25) is 0 Å². The fraction of sp³-hybridized carbons (Fsp3) is 0.462. The predicted molar refractivity (Wildman–Crippen MR) is 81.4 cm³/mol. The highest BCUT2D eigenvalue weighted by Crippen LogP contribution is 2.38. The number of halogens is 6. The minimum Gasteiger partial charge on any atom is -0.431 e. The zero-order valence-corrected chi connectivity index (χ0v) is 15.3. The van der Waals surface area contributed by atoms with E-state index in [0.717, 1.165) is 0 Å². The third-order valence-electron chi connectivity index (χ3n) is 3.10. The molecule has 0 aliphatic rings. The van der Waals surface area contributed by atoms with Crippen molar-refractivity contribution in [1.82, 2.24) is 0 Å². The van der Waals surface area contributed by atoms with Crippen molar-refractivity contribution in [2.45, 2.75) is 35.0 Å². The van der Waals surface area contributed by atoms with Gasteiger partial charge in [0.1, 0.15) is 11.9 Å². The average Bonchev–Trinajstić information content (AvgIpc) is 2.50. The van der Waals surface area contributed by atoms with Gasteiger partial charge in [-0.1, -0.05) is 18.2 Å². The zero-order valence-electron chi connectivity index (χ0n) is 13.7. The fourth-order valence-electron chi connectivity index (χ4n) is 1.81. The monoisotopic (exact) mass is 458 g/mol. The van der Waals surface area contributed by atoms with Crippen molar-refractivity contribution in [3.8, 4) is 5.75 Å². The van der Waals surface area contributed by atoms with Crippen molar-refractivity contribution < 1.29 is 57.4 Å². The Morgan fingerprint density at radius 2 is 1.36 bits per heavy atom. The summed E-state index contributed by atoms with van der Waals surface area (Å²) in [7, 11) is -13.6. The molecule has 0 radical (unpaired) electrons. The van der Waals surface area contributed by atoms with E-state index in [1.165, 1.54) is 30.3 Å². The van der Waals surface area contributed by atoms with Gasteiger partial charge in [-0.25, -0.2) is 21.6 Å². The second-order valence-electron chi connectivity index (χ2n) is 5.24. The molecule has 7 nitrogen and oxygen atoms in total. The molecule has 0 bridgehead atoms. The Kier molecular flexibility index (Phi) is 6.98. The second kappa shape index (κ2) is 8.14. The molecule has 1 aromatic rings. The Balaban J connectivity index is 3.09. The average molecular weight is 458 g/mol. The molecule has 28 heavy (non-hydrogen) atoms. The minimum atomic E-state index is -6.81. The largest absolute Gasteiger partial charge is 0.514 e. The van der Waals surface area contributed by atoms with Gasteiger partial charge in [-0.15, -0.1) is 0 Å². The molecule has 1 unspecified atom stereocenters. The van der Waals surface area contributed by atoms with Crippen LogP contribution in [-0.2, 0) is 24.4 Å². The van der Waals surface area contributed by atoms with Crippen molar-refractivity contribution in [2.24, 2.45) is 0 Å². The van der Waals surface area contributed by atoms with Crippen molar-refractivity contribution in [3.63, 3.8) is 0 Å². The van der Waals surface area contributed by atoms with E-state index in [1.54, 1.807) is 0 Å². The number of para-hydroxylation sites is 1. The van der Waals surface area contributed by atoms with Crippen LogP contribution in [0.15, 0.2) is 30.3 Å². The SMILES string of the molecule is CC(CC(S(=O)(=O)C(F)(F)F)S(=O)(=O)C(F)(F)F)OC(=O)Oc1ccccc1. The maximum Gasteiger partial charge on any atom is 0.514 e. The molecule has 0 aliphatic carbocycles. The van der Waals surface area contributed by atoms with E-state index in [0.29, 0.717) is 6.92 Å². The van der Waals surface area contributed by atoms with Crippen LogP contribution >= 0.6 is 0 Å². The molecule has 0 N–H and O–H groups in total. The van der Waals surface area contributed by atoms with Crippen LogP contribution in [0.4, 0.5) is 31.1 Å². The molecule has 0 heterocycles. The number of hydrogen-bond donors (Lipinski definition) is 0. The van der Waals surface area contributed by atoms with Crippen LogP contribution in [0.1, 0.15) is 13.3 Å². The summed E-state index contributed by atoms with van der Waals surface area (Å²) in [5, 5.41) is 0. The van der Waals surface area contributed by atoms with Crippen LogP contribution in [0.5, 0.6) is 5.75 Å². The van der Waals surface area contributed by atoms with Crippen LogP contribution in [0.3, 0.4) is 0 Å². The van der Waals surface area contributed by atoms with Gasteiger partial charge >= 0.3 is 17.2 Å². The molecule has 0 amide bonds. The molecule has 0 spiro atoms. The zero-order chi connectivity index (χ0) is 22.0. The van der Waals surface area contributed by atoms with E-state index in [9.17, 15) is 48.0 Å². The molecule has 0 saturated heterocycles. The van der Waals surface area contributed by atoms with Gasteiger partial charge in [0.15, 0.2) is 4.58 Å². The summed E-state index contributed by atoms with van der Waals surface area (Å²) in [5.74, 6) is -0.0953. The molecule has 0 aliphatic heterocycles. The first-order valence-electron chi connectivity index (χ1n) is 7.04. The quantitative estimate of drug-likeness (QED) is 0.366. The lowest BCUT2D eigenvalue weighted by Crippen LogP contribution is -2.46. The normalized spacial score (nSPS) is 14.6. The first-order valence-corrected chi connectivity index (χ1v) is 10.1. The maximum atomic E-state index is 12.7. The van der Waals surface area contributed by atoms with Crippen LogP contribution < -0.4 is 4.74 Å². The Hall–Kier alpha value is -2.03. The van der Waals surface area contributed by atoms with Crippen molar-refractivity contribution >= 4 is 25.8 Å². The van der Waals surface area contributed by atoms with Gasteiger partial charge in [0.05, 0.1) is 0 Å². The van der Waals surface area contributed by atoms with Crippen molar-refractivity contribution in [3.05, 3.63) is 30.3 Å². The first kappa shape index (κ1) is 24.0. The molecular weight excluding hydrogens is 446 g/mol. The Morgan fingerprint density at radius 3 is 1.75 bits per heavy atom. The summed E-state index contributed by atoms with van der Waals surface area (Å²) < 4.78 is 126. The first-order chi connectivity index (χ1) is 12.5. The third kappa shape index (κ3) is 5.50. The van der Waals surface area contributed by atoms with Crippen LogP contribution in [0.25, 0.3) is 0 Å². The summed E-state index contributed by atoms with van der Waals surface area (Å²) in [4.78, 5) is 11.5. The molecule has 0 fully saturated rings. The third-order valence-corrected chi connectivity index (χ3v) is 7.68. The lowest BCUT2D eigenvalue weighted by Gasteiger charge is -2.23. The molecule has 0 saturated carbocycles. The van der Waals surface area contributed by atoms with Gasteiger partial charge in [-0.05, 0) is 19.1 Å². The van der Waals surface area contributed by atoms with Gasteiger partial charge in [-0.3, -0.25) is 0 Å². The second-order valence-corrected chi connectivity index (χ2v) is 9.78. The Morgan fingerprint density at radius 1 is 0.929 bits per heavy atom. The van der Waals surface area contributed by atoms with E-state index < -0.39 is 54.0 Å². The highest BCUT2D eigenvalue weighted by Gasteiger charge is 2.63. The molecule has 160 valence electrons. The van der Waals surface area contributed by atoms with Gasteiger partial charge in [0, 0.05) is 6.42 Å². The van der Waals surface area contributed by atoms with Crippen molar-refractivity contribution in [1.29, 1.82) is 0 Å². The van der Waals surface area contributed by atoms with Gasteiger partial charge in [-0.2, -0.15) is 26.3 Å². The summed E-state index contributed by atoms with van der Waals surface area (Å²) in [6.45, 7) is 0.705. The maximum absolute atomic E-state index is 12.7. The summed E-state index contributed by atoms with van der Waals surface area (Å²) >= 11 is 0. The number of carbonyl (C=O) groups is 1. The number of alkyl halides is 6. The smallest absolute Gasteiger partial charge is 0.431 e. The van der Waals surface area contributed by atoms with Crippen LogP contribution in [0, 0.1) is 0 Å². The number of sulfone groups is 2. The lowest BCUT2D eigenvalue weighted by molar-refractivity contribution is -0.0476. The Bertz CT molecular complexity index is 848. The minimum absolute atomic E-state index is 0.0953. The van der Waals surface area contributed by atoms with E-state index >= 15 is 0 Å². The number of hydrogen-bond acceptors (Lipinski definition) is 7. The lowest BCUT2D eigenvalue weighted by atomic mass is 10.3. The standard InChI is InChI=1S/C13H12F6O7S2/c1-8(25-11(20)26-9-5-3-2-4-6-9)7-10(27(21,22)12(14,15)16)28(23,24)13(17,18)19/h2-6,8,10H,7H2,1H3. The fourth-order valence-corrected chi connectivity index (χ4v) is 5.44. The van der Waals surface area contributed by atoms with Gasteiger partial charge in [0.2, 0.25) is 0 Å². The van der Waals surface area contributed by atoms with Crippen molar-refractivity contribution in [2.75, 3.05) is 0 Å². The number of benzene rings is 1. The van der Waals surface area contributed by atoms with Gasteiger partial charge in [0.25, 0.3) is 19.7 Å². The molecule has 1 aromatic carbocycles. The highest BCUT2D eigenvalue weighted by molar-refractivity contribution is 8.09. The van der Waals surface area contributed by atoms with E-state index in [-0.39, 0.29) is 5.75 Å². The molecular formula is C13H12F6O7S2. The van der Waals surface area contributed by atoms with E-state index in [4.69, 9.17) is 0 Å². The van der Waals surface area contributed by atoms with E-state index in [2.05, 4.69) is 9.47 Å². The summed E-state index contributed by atoms with van der Waals surface area (Å²) in [6, 6.07) is 6.91. The highest BCUT2D eigenvalue weighted by atomic mass is 32.3. The molecule has 15 heteroatoms. The number of rotatable bonds is 6. The summed E-state index contributed by atoms with van der Waals surface area (Å²) in [5.41, 5.74) is -12.6. The molecule has 0 aromatic heterocycles. The number of ether oxygens (including phenoxy) is 2. The molecule has 1 atom stereocenters.